The van der Waals surface area contributed by atoms with E-state index < -0.39 is 8.07 Å². The van der Waals surface area contributed by atoms with Gasteiger partial charge in [0, 0.05) is 43.0 Å². The van der Waals surface area contributed by atoms with Gasteiger partial charge in [0.15, 0.2) is 17.5 Å². The standard InChI is InChI=1S/C43H45N4Si.Ir/c1-42(2,3)35-21-14-32(15-22-35)39-45-40(33-16-23-36(24-17-33)43(4,5)6)47-41(46-39)34-20-27-38(44-28-34)31-12-10-29(11-13-31)30-18-25-37(26-19-30)48(7,8)9;/h10-12,14-28H,1-9H3;/q-1;. The van der Waals surface area contributed by atoms with Gasteiger partial charge in [0.05, 0.1) is 8.07 Å². The summed E-state index contributed by atoms with van der Waals surface area (Å²) in [5, 5.41) is 1.46. The molecule has 0 unspecified atom stereocenters. The van der Waals surface area contributed by atoms with Crippen molar-refractivity contribution in [3.63, 3.8) is 0 Å². The Hall–Kier alpha value is -4.09. The first kappa shape index (κ1) is 36.2. The van der Waals surface area contributed by atoms with Crippen molar-refractivity contribution >= 4 is 13.3 Å². The molecule has 4 aromatic carbocycles. The Kier molecular flexibility index (Phi) is 10.4. The zero-order chi connectivity index (χ0) is 34.3. The topological polar surface area (TPSA) is 51.6 Å². The predicted octanol–water partition coefficient (Wildman–Crippen LogP) is 10.5. The van der Waals surface area contributed by atoms with Gasteiger partial charge in [-0.1, -0.05) is 162 Å². The summed E-state index contributed by atoms with van der Waals surface area (Å²) in [6.07, 6.45) is 1.85. The van der Waals surface area contributed by atoms with E-state index in [0.717, 1.165) is 33.5 Å². The minimum absolute atomic E-state index is 0. The van der Waals surface area contributed by atoms with Crippen molar-refractivity contribution in [2.24, 2.45) is 0 Å². The average molecular weight is 838 g/mol. The summed E-state index contributed by atoms with van der Waals surface area (Å²) in [7, 11) is -1.33. The van der Waals surface area contributed by atoms with Crippen LogP contribution in [0, 0.1) is 6.07 Å². The van der Waals surface area contributed by atoms with Crippen molar-refractivity contribution in [3.8, 4) is 56.5 Å². The third-order valence-corrected chi connectivity index (χ3v) is 10.9. The van der Waals surface area contributed by atoms with E-state index >= 15 is 0 Å². The van der Waals surface area contributed by atoms with Crippen molar-refractivity contribution in [1.82, 2.24) is 19.9 Å². The van der Waals surface area contributed by atoms with Crippen LogP contribution in [0.15, 0.2) is 109 Å². The number of rotatable bonds is 6. The Morgan fingerprint density at radius 1 is 0.490 bits per heavy atom. The van der Waals surface area contributed by atoms with Crippen LogP contribution in [0.5, 0.6) is 0 Å². The molecule has 2 heterocycles. The minimum atomic E-state index is -1.33. The summed E-state index contributed by atoms with van der Waals surface area (Å²) < 4.78 is 0. The molecule has 0 N–H and O–H groups in total. The van der Waals surface area contributed by atoms with E-state index in [1.54, 1.807) is 0 Å². The largest absolute Gasteiger partial charge is 0.304 e. The first-order valence-corrected chi connectivity index (χ1v) is 20.2. The third kappa shape index (κ3) is 8.38. The SMILES string of the molecule is CC(C)(C)c1ccc(-c2nc(-c3ccc(C(C)(C)C)cc3)nc(-c3ccc(-c4[c-]cc(-c5ccc([Si](C)(C)C)cc5)cc4)nc3)n2)cc1.[Ir]. The first-order valence-electron chi connectivity index (χ1n) is 16.7. The molecule has 0 aliphatic carbocycles. The van der Waals surface area contributed by atoms with Crippen LogP contribution in [-0.4, -0.2) is 28.0 Å². The molecule has 0 aliphatic heterocycles. The molecule has 6 aromatic rings. The van der Waals surface area contributed by atoms with E-state index in [-0.39, 0.29) is 30.9 Å². The van der Waals surface area contributed by atoms with E-state index in [0.29, 0.717) is 17.5 Å². The van der Waals surface area contributed by atoms with Crippen LogP contribution < -0.4 is 5.19 Å². The van der Waals surface area contributed by atoms with Gasteiger partial charge in [0.25, 0.3) is 0 Å². The van der Waals surface area contributed by atoms with Crippen LogP contribution in [0.1, 0.15) is 52.7 Å². The number of hydrogen-bond donors (Lipinski definition) is 0. The van der Waals surface area contributed by atoms with Crippen LogP contribution in [0.3, 0.4) is 0 Å². The van der Waals surface area contributed by atoms with Crippen molar-refractivity contribution in [3.05, 3.63) is 127 Å². The van der Waals surface area contributed by atoms with Crippen LogP contribution >= 0.6 is 0 Å². The molecule has 4 nitrogen and oxygen atoms in total. The molecule has 0 fully saturated rings. The van der Waals surface area contributed by atoms with E-state index in [4.69, 9.17) is 19.9 Å². The third-order valence-electron chi connectivity index (χ3n) is 8.85. The Morgan fingerprint density at radius 2 is 0.918 bits per heavy atom. The maximum atomic E-state index is 4.95. The molecule has 251 valence electrons. The minimum Gasteiger partial charge on any atom is -0.304 e. The predicted molar refractivity (Wildman–Crippen MR) is 204 cm³/mol. The van der Waals surface area contributed by atoms with E-state index in [1.165, 1.54) is 21.9 Å². The van der Waals surface area contributed by atoms with Gasteiger partial charge in [-0.15, -0.1) is 29.8 Å². The van der Waals surface area contributed by atoms with Gasteiger partial charge in [-0.3, -0.25) is 0 Å². The van der Waals surface area contributed by atoms with Gasteiger partial charge < -0.3 is 4.98 Å². The fourth-order valence-electron chi connectivity index (χ4n) is 5.61. The molecule has 0 saturated carbocycles. The number of benzene rings is 4. The van der Waals surface area contributed by atoms with Crippen LogP contribution in [0.25, 0.3) is 56.5 Å². The van der Waals surface area contributed by atoms with Crippen molar-refractivity contribution in [1.29, 1.82) is 0 Å². The summed E-state index contributed by atoms with van der Waals surface area (Å²) in [6.45, 7) is 20.4. The Balaban J connectivity index is 0.00000468. The quantitative estimate of drug-likeness (QED) is 0.124. The normalized spacial score (nSPS) is 12.0. The van der Waals surface area contributed by atoms with E-state index in [2.05, 4.69) is 158 Å². The molecule has 0 amide bonds. The number of nitrogens with zero attached hydrogens (tertiary/aromatic N) is 4. The number of aromatic nitrogens is 4. The summed E-state index contributed by atoms with van der Waals surface area (Å²) >= 11 is 0. The zero-order valence-corrected chi connectivity index (χ0v) is 33.4. The molecular weight excluding hydrogens is 793 g/mol. The molecule has 0 atom stereocenters. The Bertz CT molecular complexity index is 1940. The average Bonchev–Trinajstić information content (AvgIpc) is 3.07. The second-order valence-corrected chi connectivity index (χ2v) is 20.8. The second-order valence-electron chi connectivity index (χ2n) is 15.7. The van der Waals surface area contributed by atoms with Gasteiger partial charge in [0.2, 0.25) is 0 Å². The van der Waals surface area contributed by atoms with Gasteiger partial charge in [0.1, 0.15) is 0 Å². The monoisotopic (exact) mass is 838 g/mol. The van der Waals surface area contributed by atoms with Gasteiger partial charge in [-0.05, 0) is 27.7 Å². The van der Waals surface area contributed by atoms with E-state index in [9.17, 15) is 0 Å². The molecule has 6 heteroatoms. The van der Waals surface area contributed by atoms with Crippen LogP contribution in [0.2, 0.25) is 19.6 Å². The van der Waals surface area contributed by atoms with Gasteiger partial charge in [-0.2, -0.15) is 0 Å². The summed E-state index contributed by atoms with van der Waals surface area (Å²) in [6, 6.07) is 39.9. The van der Waals surface area contributed by atoms with Gasteiger partial charge in [-0.25, -0.2) is 15.0 Å². The number of pyridine rings is 1. The van der Waals surface area contributed by atoms with Crippen molar-refractivity contribution in [2.75, 3.05) is 0 Å². The van der Waals surface area contributed by atoms with Crippen molar-refractivity contribution in [2.45, 2.75) is 72.0 Å². The summed E-state index contributed by atoms with van der Waals surface area (Å²) in [5.41, 5.74) is 9.54. The van der Waals surface area contributed by atoms with Crippen LogP contribution in [-0.2, 0) is 30.9 Å². The molecule has 0 saturated heterocycles. The molecule has 0 bridgehead atoms. The molecule has 6 rings (SSSR count). The molecular formula is C43H45IrN4Si-. The molecule has 0 aliphatic rings. The fourth-order valence-corrected chi connectivity index (χ4v) is 6.78. The maximum absolute atomic E-state index is 4.95. The van der Waals surface area contributed by atoms with Gasteiger partial charge >= 0.3 is 0 Å². The molecule has 2 aromatic heterocycles. The number of hydrogen-bond acceptors (Lipinski definition) is 4. The smallest absolute Gasteiger partial charge is 0.165 e. The fraction of sp³-hybridized carbons (Fsp3) is 0.256. The Morgan fingerprint density at radius 3 is 1.31 bits per heavy atom. The van der Waals surface area contributed by atoms with Crippen LogP contribution in [0.4, 0.5) is 0 Å². The second kappa shape index (κ2) is 14.0. The Labute approximate surface area is 306 Å². The zero-order valence-electron chi connectivity index (χ0n) is 30.0. The molecule has 0 spiro atoms. The molecule has 49 heavy (non-hydrogen) atoms. The van der Waals surface area contributed by atoms with E-state index in [1.807, 2.05) is 18.3 Å². The van der Waals surface area contributed by atoms with Crippen molar-refractivity contribution < 1.29 is 20.1 Å². The maximum Gasteiger partial charge on any atom is 0.165 e. The summed E-state index contributed by atoms with van der Waals surface area (Å²) in [4.78, 5) is 19.7. The molecule has 1 radical (unpaired) electrons. The summed E-state index contributed by atoms with van der Waals surface area (Å²) in [5.74, 6) is 1.87. The first-order chi connectivity index (χ1) is 22.6.